The van der Waals surface area contributed by atoms with Gasteiger partial charge >= 0.3 is 5.97 Å². The van der Waals surface area contributed by atoms with Crippen molar-refractivity contribution in [1.82, 2.24) is 9.97 Å². The number of anilines is 1. The van der Waals surface area contributed by atoms with Gasteiger partial charge in [-0.15, -0.1) is 0 Å². The molecule has 0 saturated heterocycles. The average molecular weight is 267 g/mol. The van der Waals surface area contributed by atoms with Crippen molar-refractivity contribution in [3.63, 3.8) is 0 Å². The Morgan fingerprint density at radius 3 is 3.00 bits per heavy atom. The summed E-state index contributed by atoms with van der Waals surface area (Å²) in [6, 6.07) is 0. The fraction of sp³-hybridized carbons (Fsp3) is 0.583. The highest BCUT2D eigenvalue weighted by Gasteiger charge is 2.23. The third-order valence-corrected chi connectivity index (χ3v) is 3.54. The number of thioether (sulfide) groups is 1. The van der Waals surface area contributed by atoms with Gasteiger partial charge in [0, 0.05) is 11.8 Å². The highest BCUT2D eigenvalue weighted by atomic mass is 32.2. The molecule has 0 aliphatic heterocycles. The highest BCUT2D eigenvalue weighted by molar-refractivity contribution is 7.99. The minimum Gasteiger partial charge on any atom is -0.465 e. The average Bonchev–Trinajstić information content (AvgIpc) is 3.14. The summed E-state index contributed by atoms with van der Waals surface area (Å²) in [6.07, 6.45) is 5.29. The predicted molar refractivity (Wildman–Crippen MR) is 70.2 cm³/mol. The number of nitrogens with zero attached hydrogens (tertiary/aromatic N) is 2. The maximum Gasteiger partial charge on any atom is 0.316 e. The van der Waals surface area contributed by atoms with Crippen LogP contribution in [0.3, 0.4) is 0 Å². The summed E-state index contributed by atoms with van der Waals surface area (Å²) in [6.45, 7) is 2.17. The quantitative estimate of drug-likeness (QED) is 0.480. The maximum absolute atomic E-state index is 11.2. The standard InChI is InChI=1S/C12H17N3O2S/c1-2-17-10(16)7-18-12-14-6-9(11(13)15-12)5-8-3-4-8/h6,8H,2-5,7H2,1H3,(H2,13,14,15). The summed E-state index contributed by atoms with van der Waals surface area (Å²) in [5.74, 6) is 1.25. The topological polar surface area (TPSA) is 78.1 Å². The molecule has 2 N–H and O–H groups in total. The van der Waals surface area contributed by atoms with Crippen molar-refractivity contribution in [1.29, 1.82) is 0 Å². The number of rotatable bonds is 6. The highest BCUT2D eigenvalue weighted by Crippen LogP contribution is 2.33. The summed E-state index contributed by atoms with van der Waals surface area (Å²) in [7, 11) is 0. The zero-order valence-electron chi connectivity index (χ0n) is 10.4. The van der Waals surface area contributed by atoms with E-state index in [1.54, 1.807) is 13.1 Å². The Morgan fingerprint density at radius 1 is 1.61 bits per heavy atom. The Kier molecular flexibility index (Phi) is 4.41. The summed E-state index contributed by atoms with van der Waals surface area (Å²) < 4.78 is 4.83. The molecule has 1 saturated carbocycles. The van der Waals surface area contributed by atoms with Crippen LogP contribution in [-0.2, 0) is 16.0 Å². The van der Waals surface area contributed by atoms with Crippen molar-refractivity contribution >= 4 is 23.5 Å². The lowest BCUT2D eigenvalue weighted by molar-refractivity contribution is -0.139. The van der Waals surface area contributed by atoms with E-state index < -0.39 is 0 Å². The number of hydrogen-bond acceptors (Lipinski definition) is 6. The lowest BCUT2D eigenvalue weighted by Crippen LogP contribution is -2.08. The van der Waals surface area contributed by atoms with E-state index in [4.69, 9.17) is 10.5 Å². The molecule has 0 bridgehead atoms. The van der Waals surface area contributed by atoms with Crippen LogP contribution in [-0.4, -0.2) is 28.3 Å². The van der Waals surface area contributed by atoms with Crippen LogP contribution >= 0.6 is 11.8 Å². The Hall–Kier alpha value is -1.30. The molecular formula is C12H17N3O2S. The van der Waals surface area contributed by atoms with E-state index in [1.165, 1.54) is 24.6 Å². The smallest absolute Gasteiger partial charge is 0.316 e. The molecule has 0 spiro atoms. The van der Waals surface area contributed by atoms with Crippen LogP contribution in [0.2, 0.25) is 0 Å². The van der Waals surface area contributed by atoms with Crippen LogP contribution in [0.15, 0.2) is 11.4 Å². The van der Waals surface area contributed by atoms with E-state index in [1.807, 2.05) is 0 Å². The van der Waals surface area contributed by atoms with E-state index in [-0.39, 0.29) is 11.7 Å². The van der Waals surface area contributed by atoms with Crippen LogP contribution in [0, 0.1) is 5.92 Å². The first-order chi connectivity index (χ1) is 8.69. The molecule has 6 heteroatoms. The first-order valence-corrected chi connectivity index (χ1v) is 7.07. The van der Waals surface area contributed by atoms with Crippen LogP contribution in [0.25, 0.3) is 0 Å². The minimum absolute atomic E-state index is 0.218. The molecule has 5 nitrogen and oxygen atoms in total. The van der Waals surface area contributed by atoms with Crippen LogP contribution in [0.5, 0.6) is 0 Å². The molecule has 1 fully saturated rings. The number of ether oxygens (including phenoxy) is 1. The SMILES string of the molecule is CCOC(=O)CSc1ncc(CC2CC2)c(N)n1. The number of carbonyl (C=O) groups is 1. The third-order valence-electron chi connectivity index (χ3n) is 2.71. The second kappa shape index (κ2) is 6.04. The second-order valence-electron chi connectivity index (χ2n) is 4.30. The van der Waals surface area contributed by atoms with E-state index in [0.717, 1.165) is 17.9 Å². The third kappa shape index (κ3) is 3.87. The van der Waals surface area contributed by atoms with Crippen LogP contribution in [0.1, 0.15) is 25.3 Å². The maximum atomic E-state index is 11.2. The lowest BCUT2D eigenvalue weighted by Gasteiger charge is -2.05. The van der Waals surface area contributed by atoms with Gasteiger partial charge in [-0.3, -0.25) is 4.79 Å². The number of nitrogens with two attached hydrogens (primary N) is 1. The van der Waals surface area contributed by atoms with Gasteiger partial charge in [-0.05, 0) is 32.1 Å². The molecular weight excluding hydrogens is 250 g/mol. The second-order valence-corrected chi connectivity index (χ2v) is 5.25. The van der Waals surface area contributed by atoms with Gasteiger partial charge in [0.05, 0.1) is 12.4 Å². The van der Waals surface area contributed by atoms with Crippen LogP contribution in [0.4, 0.5) is 5.82 Å². The molecule has 0 unspecified atom stereocenters. The van der Waals surface area contributed by atoms with Crippen molar-refractivity contribution in [2.24, 2.45) is 5.92 Å². The predicted octanol–water partition coefficient (Wildman–Crippen LogP) is 1.67. The van der Waals surface area contributed by atoms with Gasteiger partial charge in [0.25, 0.3) is 0 Å². The molecule has 98 valence electrons. The molecule has 0 amide bonds. The van der Waals surface area contributed by atoms with Crippen molar-refractivity contribution in [2.45, 2.75) is 31.3 Å². The van der Waals surface area contributed by atoms with Gasteiger partial charge in [0.1, 0.15) is 5.82 Å². The number of nitrogen functional groups attached to an aromatic ring is 1. The zero-order valence-corrected chi connectivity index (χ0v) is 11.2. The fourth-order valence-corrected chi connectivity index (χ4v) is 2.21. The Labute approximate surface area is 111 Å². The molecule has 0 aromatic carbocycles. The van der Waals surface area contributed by atoms with Gasteiger partial charge in [0.15, 0.2) is 5.16 Å². The van der Waals surface area contributed by atoms with Crippen molar-refractivity contribution in [3.05, 3.63) is 11.8 Å². The first-order valence-electron chi connectivity index (χ1n) is 6.09. The molecule has 1 aromatic heterocycles. The Balaban J connectivity index is 1.89. The monoisotopic (exact) mass is 267 g/mol. The van der Waals surface area contributed by atoms with E-state index in [9.17, 15) is 4.79 Å². The van der Waals surface area contributed by atoms with Crippen LogP contribution < -0.4 is 5.73 Å². The largest absolute Gasteiger partial charge is 0.465 e. The molecule has 1 aliphatic rings. The first kappa shape index (κ1) is 13.1. The normalized spacial score (nSPS) is 14.5. The molecule has 1 aliphatic carbocycles. The zero-order chi connectivity index (χ0) is 13.0. The minimum atomic E-state index is -0.258. The van der Waals surface area contributed by atoms with E-state index >= 15 is 0 Å². The molecule has 1 heterocycles. The molecule has 1 aromatic rings. The fourth-order valence-electron chi connectivity index (χ4n) is 1.59. The number of carbonyl (C=O) groups excluding carboxylic acids is 1. The summed E-state index contributed by atoms with van der Waals surface area (Å²) in [5.41, 5.74) is 6.89. The lowest BCUT2D eigenvalue weighted by atomic mass is 10.1. The molecule has 0 radical (unpaired) electrons. The molecule has 2 rings (SSSR count). The summed E-state index contributed by atoms with van der Waals surface area (Å²) >= 11 is 1.25. The van der Waals surface area contributed by atoms with E-state index in [2.05, 4.69) is 9.97 Å². The number of esters is 1. The van der Waals surface area contributed by atoms with Gasteiger partial charge in [-0.1, -0.05) is 11.8 Å². The summed E-state index contributed by atoms with van der Waals surface area (Å²) in [5, 5.41) is 0.528. The van der Waals surface area contributed by atoms with Crippen molar-refractivity contribution < 1.29 is 9.53 Å². The number of aromatic nitrogens is 2. The molecule has 0 atom stereocenters. The van der Waals surface area contributed by atoms with Crippen molar-refractivity contribution in [2.75, 3.05) is 18.1 Å². The Bertz CT molecular complexity index is 435. The molecule has 18 heavy (non-hydrogen) atoms. The van der Waals surface area contributed by atoms with Gasteiger partial charge in [-0.2, -0.15) is 0 Å². The summed E-state index contributed by atoms with van der Waals surface area (Å²) in [4.78, 5) is 19.6. The Morgan fingerprint density at radius 2 is 2.39 bits per heavy atom. The van der Waals surface area contributed by atoms with Gasteiger partial charge < -0.3 is 10.5 Å². The van der Waals surface area contributed by atoms with Gasteiger partial charge in [-0.25, -0.2) is 9.97 Å². The van der Waals surface area contributed by atoms with Crippen molar-refractivity contribution in [3.8, 4) is 0 Å². The van der Waals surface area contributed by atoms with Gasteiger partial charge in [0.2, 0.25) is 0 Å². The van der Waals surface area contributed by atoms with E-state index in [0.29, 0.717) is 17.6 Å². The number of hydrogen-bond donors (Lipinski definition) is 1.